The maximum absolute atomic E-state index is 12.6. The molecule has 2 heterocycles. The smallest absolute Gasteiger partial charge is 0.340 e. The molecule has 8 nitrogen and oxygen atoms in total. The fraction of sp³-hybridized carbons (Fsp3) is 0.273. The van der Waals surface area contributed by atoms with Gasteiger partial charge < -0.3 is 15.0 Å². The summed E-state index contributed by atoms with van der Waals surface area (Å²) in [7, 11) is 5.28. The van der Waals surface area contributed by atoms with E-state index in [-0.39, 0.29) is 11.7 Å². The minimum Gasteiger partial charge on any atom is -0.465 e. The van der Waals surface area contributed by atoms with Gasteiger partial charge in [0.25, 0.3) is 0 Å². The van der Waals surface area contributed by atoms with Crippen LogP contribution >= 0.6 is 23.1 Å². The van der Waals surface area contributed by atoms with Gasteiger partial charge in [-0.15, -0.1) is 28.1 Å². The molecule has 1 aromatic carbocycles. The van der Waals surface area contributed by atoms with Crippen LogP contribution in [0, 0.1) is 6.92 Å². The van der Waals surface area contributed by atoms with Crippen LogP contribution in [0.15, 0.2) is 48.1 Å². The van der Waals surface area contributed by atoms with E-state index in [1.54, 1.807) is 12.1 Å². The van der Waals surface area contributed by atoms with Crippen LogP contribution in [0.3, 0.4) is 0 Å². The van der Waals surface area contributed by atoms with Crippen molar-refractivity contribution >= 4 is 45.7 Å². The number of aryl methyl sites for hydroxylation is 1. The summed E-state index contributed by atoms with van der Waals surface area (Å²) in [4.78, 5) is 27.4. The van der Waals surface area contributed by atoms with Crippen molar-refractivity contribution in [1.29, 1.82) is 0 Å². The number of ether oxygens (including phenoxy) is 1. The fourth-order valence-corrected chi connectivity index (χ4v) is 4.65. The Bertz CT molecular complexity index is 1140. The standard InChI is InChI=1S/C22H25N5O3S2/c1-6-10-27-19(15-8-7-9-16(12-15)26(3)4)24-25-22(27)31-13-18(28)23-20-17(21(29)30-5)11-14(2)32-20/h6-9,11-12H,1,10,13H2,2-5H3,(H,23,28). The van der Waals surface area contributed by atoms with Crippen LogP contribution in [0.2, 0.25) is 0 Å². The van der Waals surface area contributed by atoms with Crippen molar-refractivity contribution < 1.29 is 14.3 Å². The molecule has 0 aliphatic rings. The highest BCUT2D eigenvalue weighted by molar-refractivity contribution is 7.99. The first-order chi connectivity index (χ1) is 15.3. The lowest BCUT2D eigenvalue weighted by atomic mass is 10.2. The highest BCUT2D eigenvalue weighted by atomic mass is 32.2. The van der Waals surface area contributed by atoms with Gasteiger partial charge >= 0.3 is 5.97 Å². The van der Waals surface area contributed by atoms with E-state index in [4.69, 9.17) is 4.74 Å². The van der Waals surface area contributed by atoms with Crippen molar-refractivity contribution in [3.8, 4) is 11.4 Å². The second-order valence-corrected chi connectivity index (χ2v) is 9.28. The number of esters is 1. The lowest BCUT2D eigenvalue weighted by Gasteiger charge is -2.14. The topological polar surface area (TPSA) is 89.3 Å². The van der Waals surface area contributed by atoms with Crippen LogP contribution in [-0.2, 0) is 16.1 Å². The van der Waals surface area contributed by atoms with Gasteiger partial charge in [-0.05, 0) is 25.1 Å². The second-order valence-electron chi connectivity index (χ2n) is 7.08. The first-order valence-corrected chi connectivity index (χ1v) is 11.6. The van der Waals surface area contributed by atoms with E-state index in [0.717, 1.165) is 16.1 Å². The molecule has 0 spiro atoms. The Balaban J connectivity index is 1.76. The number of amides is 1. The first kappa shape index (κ1) is 23.6. The van der Waals surface area contributed by atoms with Gasteiger partial charge in [-0.3, -0.25) is 9.36 Å². The Labute approximate surface area is 195 Å². The van der Waals surface area contributed by atoms with Crippen molar-refractivity contribution in [3.05, 3.63) is 53.4 Å². The average Bonchev–Trinajstić information content (AvgIpc) is 3.35. The average molecular weight is 472 g/mol. The molecule has 2 aromatic heterocycles. The van der Waals surface area contributed by atoms with Crippen LogP contribution < -0.4 is 10.2 Å². The zero-order chi connectivity index (χ0) is 23.3. The van der Waals surface area contributed by atoms with E-state index >= 15 is 0 Å². The summed E-state index contributed by atoms with van der Waals surface area (Å²) < 4.78 is 6.71. The molecule has 3 aromatic rings. The number of allylic oxidation sites excluding steroid dienone is 1. The largest absolute Gasteiger partial charge is 0.465 e. The minimum atomic E-state index is -0.479. The zero-order valence-electron chi connectivity index (χ0n) is 18.4. The molecule has 0 fully saturated rings. The van der Waals surface area contributed by atoms with E-state index in [1.807, 2.05) is 54.8 Å². The molecule has 32 heavy (non-hydrogen) atoms. The maximum Gasteiger partial charge on any atom is 0.340 e. The molecule has 10 heteroatoms. The van der Waals surface area contributed by atoms with Gasteiger partial charge in [0.15, 0.2) is 11.0 Å². The molecule has 3 rings (SSSR count). The van der Waals surface area contributed by atoms with Gasteiger partial charge in [-0.25, -0.2) is 4.79 Å². The molecule has 1 amide bonds. The van der Waals surface area contributed by atoms with Crippen molar-refractivity contribution in [3.63, 3.8) is 0 Å². The van der Waals surface area contributed by atoms with E-state index in [2.05, 4.69) is 22.1 Å². The lowest BCUT2D eigenvalue weighted by molar-refractivity contribution is -0.113. The van der Waals surface area contributed by atoms with Crippen LogP contribution in [-0.4, -0.2) is 53.6 Å². The molecule has 0 atom stereocenters. The van der Waals surface area contributed by atoms with Crippen molar-refractivity contribution in [1.82, 2.24) is 14.8 Å². The normalized spacial score (nSPS) is 10.6. The SMILES string of the molecule is C=CCn1c(SCC(=O)Nc2sc(C)cc2C(=O)OC)nnc1-c1cccc(N(C)C)c1. The van der Waals surface area contributed by atoms with Gasteiger partial charge in [0, 0.05) is 36.8 Å². The van der Waals surface area contributed by atoms with E-state index < -0.39 is 5.97 Å². The molecule has 0 saturated carbocycles. The molecule has 0 radical (unpaired) electrons. The van der Waals surface area contributed by atoms with Crippen molar-refractivity contribution in [2.45, 2.75) is 18.6 Å². The second kappa shape index (κ2) is 10.5. The maximum atomic E-state index is 12.6. The summed E-state index contributed by atoms with van der Waals surface area (Å²) >= 11 is 2.61. The quantitative estimate of drug-likeness (QED) is 0.286. The summed E-state index contributed by atoms with van der Waals surface area (Å²) in [6.45, 7) is 6.21. The fourth-order valence-electron chi connectivity index (χ4n) is 2.99. The van der Waals surface area contributed by atoms with Crippen LogP contribution in [0.1, 0.15) is 15.2 Å². The number of hydrogen-bond acceptors (Lipinski definition) is 8. The van der Waals surface area contributed by atoms with Crippen LogP contribution in [0.4, 0.5) is 10.7 Å². The number of thiophene rings is 1. The van der Waals surface area contributed by atoms with Crippen LogP contribution in [0.25, 0.3) is 11.4 Å². The van der Waals surface area contributed by atoms with E-state index in [1.165, 1.54) is 30.2 Å². The predicted octanol–water partition coefficient (Wildman–Crippen LogP) is 4.08. The number of nitrogens with zero attached hydrogens (tertiary/aromatic N) is 4. The monoisotopic (exact) mass is 471 g/mol. The van der Waals surface area contributed by atoms with Gasteiger partial charge in [0.1, 0.15) is 5.00 Å². The third kappa shape index (κ3) is 5.38. The van der Waals surface area contributed by atoms with Gasteiger partial charge in [0.05, 0.1) is 18.4 Å². The first-order valence-electron chi connectivity index (χ1n) is 9.77. The van der Waals surface area contributed by atoms with Crippen molar-refractivity contribution in [2.75, 3.05) is 37.2 Å². The lowest BCUT2D eigenvalue weighted by Crippen LogP contribution is -2.16. The molecule has 0 unspecified atom stereocenters. The number of benzene rings is 1. The minimum absolute atomic E-state index is 0.116. The number of thioether (sulfide) groups is 1. The van der Waals surface area contributed by atoms with Gasteiger partial charge in [-0.2, -0.15) is 0 Å². The summed E-state index contributed by atoms with van der Waals surface area (Å²) in [5, 5.41) is 12.5. The highest BCUT2D eigenvalue weighted by Gasteiger charge is 2.19. The molecular formula is C22H25N5O3S2. The molecule has 0 aliphatic heterocycles. The number of carbonyl (C=O) groups is 2. The van der Waals surface area contributed by atoms with Gasteiger partial charge in [0.2, 0.25) is 5.91 Å². The van der Waals surface area contributed by atoms with E-state index in [9.17, 15) is 9.59 Å². The number of rotatable bonds is 9. The Hall–Kier alpha value is -3.11. The third-order valence-corrected chi connectivity index (χ3v) is 6.43. The van der Waals surface area contributed by atoms with Crippen molar-refractivity contribution in [2.24, 2.45) is 0 Å². The van der Waals surface area contributed by atoms with E-state index in [0.29, 0.717) is 28.1 Å². The summed E-state index contributed by atoms with van der Waals surface area (Å²) in [5.74, 6) is 0.0993. The molecule has 168 valence electrons. The Kier molecular flexibility index (Phi) is 7.70. The predicted molar refractivity (Wildman–Crippen MR) is 130 cm³/mol. The molecule has 0 bridgehead atoms. The molecule has 0 saturated heterocycles. The Morgan fingerprint density at radius 2 is 2.09 bits per heavy atom. The molecule has 0 aliphatic carbocycles. The Morgan fingerprint density at radius 1 is 1.31 bits per heavy atom. The van der Waals surface area contributed by atoms with Crippen LogP contribution in [0.5, 0.6) is 0 Å². The number of anilines is 2. The Morgan fingerprint density at radius 3 is 2.78 bits per heavy atom. The number of aromatic nitrogens is 3. The summed E-state index contributed by atoms with van der Waals surface area (Å²) in [6, 6.07) is 9.71. The number of hydrogen-bond donors (Lipinski definition) is 1. The molecule has 1 N–H and O–H groups in total. The highest BCUT2D eigenvalue weighted by Crippen LogP contribution is 2.30. The number of methoxy groups -OCH3 is 1. The number of carbonyl (C=O) groups excluding carboxylic acids is 2. The number of nitrogens with one attached hydrogen (secondary N) is 1. The molecular weight excluding hydrogens is 446 g/mol. The summed E-state index contributed by atoms with van der Waals surface area (Å²) in [5.41, 5.74) is 2.33. The third-order valence-electron chi connectivity index (χ3n) is 4.50. The summed E-state index contributed by atoms with van der Waals surface area (Å²) in [6.07, 6.45) is 1.77. The zero-order valence-corrected chi connectivity index (χ0v) is 20.0. The van der Waals surface area contributed by atoms with Gasteiger partial charge in [-0.1, -0.05) is 30.0 Å².